The van der Waals surface area contributed by atoms with Crippen LogP contribution in [0.5, 0.6) is 5.75 Å². The van der Waals surface area contributed by atoms with Gasteiger partial charge in [0.1, 0.15) is 6.04 Å². The third kappa shape index (κ3) is 4.15. The summed E-state index contributed by atoms with van der Waals surface area (Å²) in [5.41, 5.74) is -2.28. The lowest BCUT2D eigenvalue weighted by molar-refractivity contribution is -0.218. The third-order valence-corrected chi connectivity index (χ3v) is 6.08. The highest BCUT2D eigenvalue weighted by atomic mass is 32.2. The van der Waals surface area contributed by atoms with Crippen molar-refractivity contribution >= 4 is 29.0 Å². The summed E-state index contributed by atoms with van der Waals surface area (Å²) < 4.78 is 74.9. The number of ether oxygens (including phenoxy) is 1. The van der Waals surface area contributed by atoms with Crippen molar-refractivity contribution in [3.63, 3.8) is 0 Å². The Hall–Kier alpha value is -2.56. The highest BCUT2D eigenvalue weighted by Gasteiger charge is 2.63. The number of thioether (sulfide) groups is 1. The number of amides is 1. The Morgan fingerprint density at radius 1 is 1.32 bits per heavy atom. The maximum absolute atomic E-state index is 14.2. The van der Waals surface area contributed by atoms with Gasteiger partial charge in [0.15, 0.2) is 11.6 Å². The Kier molecular flexibility index (Phi) is 6.35. The normalized spacial score (nSPS) is 21.3. The molecule has 2 unspecified atom stereocenters. The van der Waals surface area contributed by atoms with Gasteiger partial charge in [-0.3, -0.25) is 4.79 Å². The van der Waals surface area contributed by atoms with Crippen molar-refractivity contribution in [2.24, 2.45) is 5.41 Å². The zero-order valence-electron chi connectivity index (χ0n) is 16.9. The molecule has 0 aliphatic carbocycles. The number of nitrogens with zero attached hydrogens (tertiary/aromatic N) is 2. The fraction of sp³-hybridized carbons (Fsp3) is 0.400. The van der Waals surface area contributed by atoms with Gasteiger partial charge in [-0.15, -0.1) is 11.8 Å². The molecule has 1 N–H and O–H groups in total. The number of hydrogen-bond acceptors (Lipinski definition) is 5. The van der Waals surface area contributed by atoms with Crippen molar-refractivity contribution in [1.29, 1.82) is 0 Å². The van der Waals surface area contributed by atoms with Crippen molar-refractivity contribution in [1.82, 2.24) is 4.98 Å². The number of carbonyl (C=O) groups excluding carboxylic acids is 1. The summed E-state index contributed by atoms with van der Waals surface area (Å²) in [4.78, 5) is 18.3. The van der Waals surface area contributed by atoms with Crippen molar-refractivity contribution in [3.05, 3.63) is 42.1 Å². The van der Waals surface area contributed by atoms with E-state index in [1.54, 1.807) is 6.26 Å². The second kappa shape index (κ2) is 8.52. The van der Waals surface area contributed by atoms with Crippen LogP contribution in [-0.4, -0.2) is 43.0 Å². The van der Waals surface area contributed by atoms with E-state index in [4.69, 9.17) is 4.74 Å². The van der Waals surface area contributed by atoms with E-state index in [2.05, 4.69) is 10.3 Å². The van der Waals surface area contributed by atoms with Crippen LogP contribution in [0.4, 0.5) is 33.3 Å². The Morgan fingerprint density at radius 2 is 2.03 bits per heavy atom. The van der Waals surface area contributed by atoms with E-state index in [-0.39, 0.29) is 17.9 Å². The van der Waals surface area contributed by atoms with Gasteiger partial charge in [0, 0.05) is 18.4 Å². The minimum absolute atomic E-state index is 0.131. The topological polar surface area (TPSA) is 54.5 Å². The second-order valence-electron chi connectivity index (χ2n) is 7.25. The van der Waals surface area contributed by atoms with Crippen LogP contribution in [0.25, 0.3) is 0 Å². The zero-order valence-corrected chi connectivity index (χ0v) is 17.7. The first-order valence-electron chi connectivity index (χ1n) is 9.19. The molecule has 1 amide bonds. The van der Waals surface area contributed by atoms with Crippen molar-refractivity contribution in [2.45, 2.75) is 30.6 Å². The molecule has 0 radical (unpaired) electrons. The molecule has 31 heavy (non-hydrogen) atoms. The molecule has 5 nitrogen and oxygen atoms in total. The maximum Gasteiger partial charge on any atom is 0.396 e. The van der Waals surface area contributed by atoms with Crippen LogP contribution in [0.15, 0.2) is 35.5 Å². The van der Waals surface area contributed by atoms with Crippen LogP contribution in [0, 0.1) is 17.0 Å². The van der Waals surface area contributed by atoms with Gasteiger partial charge < -0.3 is 15.0 Å². The fourth-order valence-corrected chi connectivity index (χ4v) is 4.11. The molecule has 3 rings (SSSR count). The summed E-state index contributed by atoms with van der Waals surface area (Å²) in [5.74, 6) is -4.03. The van der Waals surface area contributed by atoms with Gasteiger partial charge >= 0.3 is 6.18 Å². The first-order chi connectivity index (χ1) is 14.5. The Labute approximate surface area is 180 Å². The predicted octanol–water partition coefficient (Wildman–Crippen LogP) is 4.88. The molecule has 1 aromatic heterocycles. The largest absolute Gasteiger partial charge is 0.491 e. The summed E-state index contributed by atoms with van der Waals surface area (Å²) >= 11 is 1.31. The maximum atomic E-state index is 14.2. The van der Waals surface area contributed by atoms with Crippen molar-refractivity contribution < 1.29 is 31.5 Å². The molecule has 1 aliphatic rings. The lowest BCUT2D eigenvalue weighted by atomic mass is 9.81. The molecular formula is C20H20F5N3O2S. The molecule has 1 saturated heterocycles. The van der Waals surface area contributed by atoms with Crippen molar-refractivity contribution in [3.8, 4) is 5.75 Å². The van der Waals surface area contributed by atoms with E-state index in [0.29, 0.717) is 5.03 Å². The number of anilines is 2. The Balaban J connectivity index is 2.06. The molecule has 1 aromatic carbocycles. The van der Waals surface area contributed by atoms with Gasteiger partial charge in [0.2, 0.25) is 11.7 Å². The average Bonchev–Trinajstić information content (AvgIpc) is 3.08. The summed E-state index contributed by atoms with van der Waals surface area (Å²) in [6, 6.07) is 3.15. The number of rotatable bonds is 5. The van der Waals surface area contributed by atoms with Gasteiger partial charge in [-0.2, -0.15) is 17.6 Å². The van der Waals surface area contributed by atoms with Crippen LogP contribution >= 0.6 is 11.8 Å². The van der Waals surface area contributed by atoms with Gasteiger partial charge in [-0.1, -0.05) is 0 Å². The highest BCUT2D eigenvalue weighted by molar-refractivity contribution is 7.98. The number of hydrogen-bond donors (Lipinski definition) is 1. The van der Waals surface area contributed by atoms with Crippen LogP contribution in [-0.2, 0) is 4.79 Å². The SMILES string of the molecule is COc1c(N2CCC(C)(C(F)(F)F)C2C(=O)Nc2ccnc(SC)c2)ccc(F)c1F. The average molecular weight is 461 g/mol. The molecule has 1 fully saturated rings. The van der Waals surface area contributed by atoms with E-state index in [1.165, 1.54) is 30.1 Å². The van der Waals surface area contributed by atoms with Crippen LogP contribution in [0.1, 0.15) is 13.3 Å². The Bertz CT molecular complexity index is 988. The molecule has 2 aromatic rings. The molecule has 0 spiro atoms. The van der Waals surface area contributed by atoms with E-state index in [1.807, 2.05) is 0 Å². The summed E-state index contributed by atoms with van der Waals surface area (Å²) in [7, 11) is 1.08. The molecule has 0 bridgehead atoms. The summed E-state index contributed by atoms with van der Waals surface area (Å²) in [6.45, 7) is 0.741. The first-order valence-corrected chi connectivity index (χ1v) is 10.4. The molecule has 11 heteroatoms. The predicted molar refractivity (Wildman–Crippen MR) is 107 cm³/mol. The molecule has 2 heterocycles. The number of pyridine rings is 1. The minimum Gasteiger partial charge on any atom is -0.491 e. The smallest absolute Gasteiger partial charge is 0.396 e. The number of halogens is 5. The van der Waals surface area contributed by atoms with Crippen LogP contribution < -0.4 is 15.0 Å². The first kappa shape index (κ1) is 23.1. The molecule has 2 atom stereocenters. The number of carbonyl (C=O) groups is 1. The standard InChI is InChI=1S/C20H20F5N3O2S/c1-19(20(23,24)25)7-9-28(13-5-4-12(21)15(22)16(13)30-2)17(19)18(29)27-11-6-8-26-14(10-11)31-3/h4-6,8,10,17H,7,9H2,1-3H3,(H,26,27,29). The molecular weight excluding hydrogens is 441 g/mol. The quantitative estimate of drug-likeness (QED) is 0.508. The number of alkyl halides is 3. The molecule has 1 aliphatic heterocycles. The van der Waals surface area contributed by atoms with Crippen molar-refractivity contribution in [2.75, 3.05) is 30.1 Å². The van der Waals surface area contributed by atoms with Gasteiger partial charge in [0.25, 0.3) is 0 Å². The van der Waals surface area contributed by atoms with Crippen LogP contribution in [0.3, 0.4) is 0 Å². The third-order valence-electron chi connectivity index (χ3n) is 5.44. The molecule has 0 saturated carbocycles. The highest BCUT2D eigenvalue weighted by Crippen LogP contribution is 2.52. The van der Waals surface area contributed by atoms with Crippen LogP contribution in [0.2, 0.25) is 0 Å². The monoisotopic (exact) mass is 461 g/mol. The number of nitrogens with one attached hydrogen (secondary N) is 1. The molecule has 168 valence electrons. The van der Waals surface area contributed by atoms with E-state index in [9.17, 15) is 26.7 Å². The minimum atomic E-state index is -4.72. The fourth-order valence-electron chi connectivity index (χ4n) is 3.70. The lowest BCUT2D eigenvalue weighted by Crippen LogP contribution is -2.53. The van der Waals surface area contributed by atoms with Gasteiger partial charge in [-0.05, 0) is 43.9 Å². The van der Waals surface area contributed by atoms with Gasteiger partial charge in [-0.25, -0.2) is 9.37 Å². The van der Waals surface area contributed by atoms with E-state index < -0.39 is 47.3 Å². The lowest BCUT2D eigenvalue weighted by Gasteiger charge is -2.36. The number of benzene rings is 1. The number of aromatic nitrogens is 1. The Morgan fingerprint density at radius 3 is 2.65 bits per heavy atom. The number of methoxy groups -OCH3 is 1. The summed E-state index contributed by atoms with van der Waals surface area (Å²) in [5, 5.41) is 3.08. The zero-order chi connectivity index (χ0) is 23.0. The second-order valence-corrected chi connectivity index (χ2v) is 8.08. The van der Waals surface area contributed by atoms with E-state index >= 15 is 0 Å². The van der Waals surface area contributed by atoms with E-state index in [0.717, 1.165) is 31.1 Å². The summed E-state index contributed by atoms with van der Waals surface area (Å²) in [6.07, 6.45) is -1.95. The van der Waals surface area contributed by atoms with Gasteiger partial charge in [0.05, 0.1) is 23.2 Å².